The lowest BCUT2D eigenvalue weighted by molar-refractivity contribution is 0.0978. The van der Waals surface area contributed by atoms with Crippen LogP contribution in [0.15, 0.2) is 65.8 Å². The highest BCUT2D eigenvalue weighted by Gasteiger charge is 2.13. The van der Waals surface area contributed by atoms with E-state index in [2.05, 4.69) is 15.3 Å². The molecular formula is C18H16N4O. The third-order valence-corrected chi connectivity index (χ3v) is 3.47. The van der Waals surface area contributed by atoms with Crippen molar-refractivity contribution in [2.45, 2.75) is 6.92 Å². The van der Waals surface area contributed by atoms with Crippen LogP contribution in [0.1, 0.15) is 15.9 Å². The Kier molecular flexibility index (Phi) is 4.01. The van der Waals surface area contributed by atoms with E-state index >= 15 is 0 Å². The molecular weight excluding hydrogens is 288 g/mol. The minimum atomic E-state index is -0.302. The number of aromatic nitrogens is 1. The summed E-state index contributed by atoms with van der Waals surface area (Å²) in [5, 5.41) is 3.44. The number of nitrogens with two attached hydrogens (primary N) is 1. The van der Waals surface area contributed by atoms with Gasteiger partial charge in [-0.3, -0.25) is 15.1 Å². The summed E-state index contributed by atoms with van der Waals surface area (Å²) in [4.78, 5) is 21.0. The normalized spacial score (nSPS) is 11.4. The predicted octanol–water partition coefficient (Wildman–Crippen LogP) is 2.92. The summed E-state index contributed by atoms with van der Waals surface area (Å²) >= 11 is 0. The number of nitrogens with zero attached hydrogens (tertiary/aromatic N) is 2. The number of carbonyl (C=O) groups excluding carboxylic acids is 1. The molecule has 0 aliphatic rings. The minimum absolute atomic E-state index is 0.0553. The van der Waals surface area contributed by atoms with Gasteiger partial charge in [-0.05, 0) is 36.8 Å². The molecule has 0 unspecified atom stereocenters. The van der Waals surface area contributed by atoms with Gasteiger partial charge in [0, 0.05) is 11.6 Å². The average Bonchev–Trinajstić information content (AvgIpc) is 2.55. The SMILES string of the molecule is Cc1cccc2nccc(C(=O)NC(N)=Nc3ccccc3)c12. The lowest BCUT2D eigenvalue weighted by Gasteiger charge is -2.09. The van der Waals surface area contributed by atoms with Crippen molar-refractivity contribution >= 4 is 28.5 Å². The molecule has 1 heterocycles. The Morgan fingerprint density at radius 2 is 1.87 bits per heavy atom. The zero-order chi connectivity index (χ0) is 16.2. The fourth-order valence-electron chi connectivity index (χ4n) is 2.43. The lowest BCUT2D eigenvalue weighted by Crippen LogP contribution is -2.36. The number of rotatable bonds is 2. The van der Waals surface area contributed by atoms with Gasteiger partial charge in [-0.1, -0.05) is 30.3 Å². The van der Waals surface area contributed by atoms with Gasteiger partial charge < -0.3 is 5.73 Å². The van der Waals surface area contributed by atoms with Gasteiger partial charge in [-0.25, -0.2) is 4.99 Å². The number of hydrogen-bond acceptors (Lipinski definition) is 3. The molecule has 1 amide bonds. The van der Waals surface area contributed by atoms with E-state index in [4.69, 9.17) is 5.73 Å². The Bertz CT molecular complexity index is 883. The number of carbonyl (C=O) groups is 1. The first-order valence-corrected chi connectivity index (χ1v) is 7.20. The van der Waals surface area contributed by atoms with Crippen molar-refractivity contribution in [2.24, 2.45) is 10.7 Å². The fourth-order valence-corrected chi connectivity index (χ4v) is 2.43. The van der Waals surface area contributed by atoms with Crippen LogP contribution in [0.4, 0.5) is 5.69 Å². The zero-order valence-corrected chi connectivity index (χ0v) is 12.7. The number of guanidine groups is 1. The molecule has 0 spiro atoms. The Balaban J connectivity index is 1.91. The summed E-state index contributed by atoms with van der Waals surface area (Å²) in [7, 11) is 0. The quantitative estimate of drug-likeness (QED) is 0.564. The van der Waals surface area contributed by atoms with Crippen molar-refractivity contribution in [2.75, 3.05) is 0 Å². The largest absolute Gasteiger partial charge is 0.369 e. The first-order valence-electron chi connectivity index (χ1n) is 7.20. The smallest absolute Gasteiger partial charge is 0.258 e. The molecule has 0 saturated heterocycles. The van der Waals surface area contributed by atoms with Gasteiger partial charge in [0.05, 0.1) is 16.8 Å². The van der Waals surface area contributed by atoms with E-state index in [0.717, 1.165) is 16.5 Å². The van der Waals surface area contributed by atoms with Crippen LogP contribution in [0.2, 0.25) is 0 Å². The standard InChI is InChI=1S/C18H16N4O/c1-12-6-5-9-15-16(12)14(10-11-20-15)17(23)22-18(19)21-13-7-3-2-4-8-13/h2-11H,1H3,(H3,19,21,22,23). The second kappa shape index (κ2) is 6.27. The van der Waals surface area contributed by atoms with Crippen molar-refractivity contribution in [3.8, 4) is 0 Å². The number of pyridine rings is 1. The third-order valence-electron chi connectivity index (χ3n) is 3.47. The maximum Gasteiger partial charge on any atom is 0.258 e. The second-order valence-electron chi connectivity index (χ2n) is 5.11. The summed E-state index contributed by atoms with van der Waals surface area (Å²) in [5.74, 6) is -0.247. The molecule has 0 aliphatic carbocycles. The van der Waals surface area contributed by atoms with Crippen LogP contribution >= 0.6 is 0 Å². The Hall–Kier alpha value is -3.21. The highest BCUT2D eigenvalue weighted by Crippen LogP contribution is 2.20. The van der Waals surface area contributed by atoms with E-state index in [9.17, 15) is 4.79 Å². The number of aliphatic imine (C=N–C) groups is 1. The van der Waals surface area contributed by atoms with Crippen molar-refractivity contribution in [1.29, 1.82) is 0 Å². The van der Waals surface area contributed by atoms with E-state index in [0.29, 0.717) is 11.3 Å². The van der Waals surface area contributed by atoms with Crippen LogP contribution in [0.3, 0.4) is 0 Å². The summed E-state index contributed by atoms with van der Waals surface area (Å²) in [6, 6.07) is 16.6. The molecule has 3 aromatic rings. The molecule has 114 valence electrons. The predicted molar refractivity (Wildman–Crippen MR) is 91.7 cm³/mol. The van der Waals surface area contributed by atoms with E-state index in [-0.39, 0.29) is 11.9 Å². The average molecular weight is 304 g/mol. The van der Waals surface area contributed by atoms with Gasteiger partial charge in [-0.2, -0.15) is 0 Å². The molecule has 3 N–H and O–H groups in total. The van der Waals surface area contributed by atoms with Gasteiger partial charge in [0.15, 0.2) is 0 Å². The molecule has 0 aliphatic heterocycles. The molecule has 2 aromatic carbocycles. The molecule has 23 heavy (non-hydrogen) atoms. The van der Waals surface area contributed by atoms with E-state index < -0.39 is 0 Å². The maximum atomic E-state index is 12.5. The van der Waals surface area contributed by atoms with Crippen LogP contribution in [0.5, 0.6) is 0 Å². The summed E-state index contributed by atoms with van der Waals surface area (Å²) < 4.78 is 0. The molecule has 1 aromatic heterocycles. The third kappa shape index (κ3) is 3.18. The van der Waals surface area contributed by atoms with Crippen LogP contribution in [0, 0.1) is 6.92 Å². The van der Waals surface area contributed by atoms with E-state index in [1.165, 1.54) is 0 Å². The van der Waals surface area contributed by atoms with Gasteiger partial charge in [0.2, 0.25) is 5.96 Å². The van der Waals surface area contributed by atoms with E-state index in [1.807, 2.05) is 55.5 Å². The Morgan fingerprint density at radius 1 is 1.09 bits per heavy atom. The van der Waals surface area contributed by atoms with Crippen LogP contribution in [-0.4, -0.2) is 16.9 Å². The van der Waals surface area contributed by atoms with Crippen LogP contribution < -0.4 is 11.1 Å². The maximum absolute atomic E-state index is 12.5. The minimum Gasteiger partial charge on any atom is -0.369 e. The number of fused-ring (bicyclic) bond motifs is 1. The first kappa shape index (κ1) is 14.7. The van der Waals surface area contributed by atoms with Crippen LogP contribution in [0.25, 0.3) is 10.9 Å². The molecule has 0 radical (unpaired) electrons. The highest BCUT2D eigenvalue weighted by atomic mass is 16.1. The van der Waals surface area contributed by atoms with Crippen molar-refractivity contribution in [3.63, 3.8) is 0 Å². The van der Waals surface area contributed by atoms with Crippen LogP contribution in [-0.2, 0) is 0 Å². The summed E-state index contributed by atoms with van der Waals surface area (Å²) in [6.07, 6.45) is 1.61. The number of aryl methyl sites for hydroxylation is 1. The Labute approximate surface area is 133 Å². The first-order chi connectivity index (χ1) is 11.1. The topological polar surface area (TPSA) is 80.4 Å². The molecule has 0 fully saturated rings. The van der Waals surface area contributed by atoms with Crippen molar-refractivity contribution in [1.82, 2.24) is 10.3 Å². The monoisotopic (exact) mass is 304 g/mol. The van der Waals surface area contributed by atoms with Crippen molar-refractivity contribution < 1.29 is 4.79 Å². The molecule has 5 heteroatoms. The lowest BCUT2D eigenvalue weighted by atomic mass is 10.0. The molecule has 0 bridgehead atoms. The molecule has 0 saturated carbocycles. The number of benzene rings is 2. The van der Waals surface area contributed by atoms with Gasteiger partial charge >= 0.3 is 0 Å². The molecule has 5 nitrogen and oxygen atoms in total. The Morgan fingerprint density at radius 3 is 2.65 bits per heavy atom. The van der Waals surface area contributed by atoms with Crippen molar-refractivity contribution in [3.05, 3.63) is 71.9 Å². The van der Waals surface area contributed by atoms with Gasteiger partial charge in [-0.15, -0.1) is 0 Å². The molecule has 3 rings (SSSR count). The van der Waals surface area contributed by atoms with Gasteiger partial charge in [0.1, 0.15) is 0 Å². The fraction of sp³-hybridized carbons (Fsp3) is 0.0556. The number of hydrogen-bond donors (Lipinski definition) is 2. The number of nitrogens with one attached hydrogen (secondary N) is 1. The summed E-state index contributed by atoms with van der Waals surface area (Å²) in [6.45, 7) is 1.95. The van der Waals surface area contributed by atoms with Gasteiger partial charge in [0.25, 0.3) is 5.91 Å². The number of para-hydroxylation sites is 1. The summed E-state index contributed by atoms with van der Waals surface area (Å²) in [5.41, 5.74) is 8.80. The molecule has 0 atom stereocenters. The zero-order valence-electron chi connectivity index (χ0n) is 12.7. The second-order valence-corrected chi connectivity index (χ2v) is 5.11. The highest BCUT2D eigenvalue weighted by molar-refractivity contribution is 6.12. The number of amides is 1. The van der Waals surface area contributed by atoms with E-state index in [1.54, 1.807) is 12.3 Å².